The standard InChI is InChI=1S/C12H20O5/c1-16-11(14)10(12(15)17-2)8-6-4-3-5-7-9(8)13/h8-10,13H,3-7H2,1-2H3. The Labute approximate surface area is 101 Å². The van der Waals surface area contributed by atoms with E-state index in [4.69, 9.17) is 0 Å². The molecule has 5 nitrogen and oxygen atoms in total. The second kappa shape index (κ2) is 6.59. The molecule has 1 rings (SSSR count). The van der Waals surface area contributed by atoms with E-state index in [0.717, 1.165) is 19.3 Å². The molecule has 0 bridgehead atoms. The molecule has 5 heteroatoms. The van der Waals surface area contributed by atoms with E-state index in [-0.39, 0.29) is 0 Å². The number of aliphatic hydroxyl groups is 1. The number of methoxy groups -OCH3 is 2. The van der Waals surface area contributed by atoms with Crippen molar-refractivity contribution in [3.8, 4) is 0 Å². The molecule has 0 radical (unpaired) electrons. The van der Waals surface area contributed by atoms with E-state index >= 15 is 0 Å². The predicted octanol–water partition coefficient (Wildman–Crippen LogP) is 0.890. The number of hydrogen-bond donors (Lipinski definition) is 1. The van der Waals surface area contributed by atoms with Crippen molar-refractivity contribution in [3.05, 3.63) is 0 Å². The number of carbonyl (C=O) groups is 2. The predicted molar refractivity (Wildman–Crippen MR) is 60.1 cm³/mol. The first kappa shape index (κ1) is 14.0. The number of aliphatic hydroxyl groups excluding tert-OH is 1. The summed E-state index contributed by atoms with van der Waals surface area (Å²) in [5.41, 5.74) is 0. The lowest BCUT2D eigenvalue weighted by Crippen LogP contribution is -2.39. The van der Waals surface area contributed by atoms with Gasteiger partial charge in [-0.25, -0.2) is 0 Å². The van der Waals surface area contributed by atoms with E-state index in [0.29, 0.717) is 12.8 Å². The summed E-state index contributed by atoms with van der Waals surface area (Å²) < 4.78 is 9.25. The van der Waals surface area contributed by atoms with Crippen molar-refractivity contribution in [1.29, 1.82) is 0 Å². The summed E-state index contributed by atoms with van der Waals surface area (Å²) in [5.74, 6) is -2.64. The minimum atomic E-state index is -1.00. The largest absolute Gasteiger partial charge is 0.468 e. The van der Waals surface area contributed by atoms with E-state index in [1.165, 1.54) is 14.2 Å². The van der Waals surface area contributed by atoms with Crippen LogP contribution >= 0.6 is 0 Å². The van der Waals surface area contributed by atoms with Crippen LogP contribution in [0.5, 0.6) is 0 Å². The third-order valence-electron chi connectivity index (χ3n) is 3.37. The minimum Gasteiger partial charge on any atom is -0.468 e. The normalized spacial score (nSPS) is 25.2. The summed E-state index contributed by atoms with van der Waals surface area (Å²) in [7, 11) is 2.47. The smallest absolute Gasteiger partial charge is 0.320 e. The molecule has 0 heterocycles. The van der Waals surface area contributed by atoms with E-state index < -0.39 is 29.9 Å². The van der Waals surface area contributed by atoms with Crippen LogP contribution in [0, 0.1) is 11.8 Å². The van der Waals surface area contributed by atoms with Gasteiger partial charge in [0, 0.05) is 5.92 Å². The zero-order chi connectivity index (χ0) is 12.8. The molecule has 2 atom stereocenters. The first-order valence-electron chi connectivity index (χ1n) is 5.95. The SMILES string of the molecule is COC(=O)C(C(=O)OC)C1CCCCCC1O. The number of rotatable bonds is 3. The van der Waals surface area contributed by atoms with Crippen molar-refractivity contribution in [3.63, 3.8) is 0 Å². The second-order valence-corrected chi connectivity index (χ2v) is 4.39. The Morgan fingerprint density at radius 1 is 1.06 bits per heavy atom. The van der Waals surface area contributed by atoms with Gasteiger partial charge in [-0.05, 0) is 12.8 Å². The summed E-state index contributed by atoms with van der Waals surface area (Å²) >= 11 is 0. The molecule has 0 aliphatic heterocycles. The van der Waals surface area contributed by atoms with Crippen molar-refractivity contribution in [2.45, 2.75) is 38.2 Å². The summed E-state index contributed by atoms with van der Waals surface area (Å²) in [6.45, 7) is 0. The van der Waals surface area contributed by atoms with Crippen LogP contribution in [0.1, 0.15) is 32.1 Å². The van der Waals surface area contributed by atoms with Crippen molar-refractivity contribution in [2.75, 3.05) is 14.2 Å². The zero-order valence-electron chi connectivity index (χ0n) is 10.3. The Morgan fingerprint density at radius 3 is 2.12 bits per heavy atom. The molecule has 2 unspecified atom stereocenters. The highest BCUT2D eigenvalue weighted by atomic mass is 16.5. The van der Waals surface area contributed by atoms with Crippen molar-refractivity contribution in [2.24, 2.45) is 11.8 Å². The van der Waals surface area contributed by atoms with Gasteiger partial charge in [0.2, 0.25) is 0 Å². The number of hydrogen-bond acceptors (Lipinski definition) is 5. The van der Waals surface area contributed by atoms with Crippen LogP contribution < -0.4 is 0 Å². The van der Waals surface area contributed by atoms with Crippen LogP contribution in [0.15, 0.2) is 0 Å². The number of esters is 2. The molecule has 0 aromatic heterocycles. The van der Waals surface area contributed by atoms with Crippen LogP contribution in [-0.2, 0) is 19.1 Å². The maximum absolute atomic E-state index is 11.6. The van der Waals surface area contributed by atoms with Gasteiger partial charge in [-0.3, -0.25) is 9.59 Å². The molecule has 1 saturated carbocycles. The van der Waals surface area contributed by atoms with Gasteiger partial charge < -0.3 is 14.6 Å². The molecule has 1 aliphatic carbocycles. The quantitative estimate of drug-likeness (QED) is 0.453. The molecule has 1 N–H and O–H groups in total. The fourth-order valence-corrected chi connectivity index (χ4v) is 2.41. The average Bonchev–Trinajstić information content (AvgIpc) is 2.54. The molecular formula is C12H20O5. The van der Waals surface area contributed by atoms with E-state index in [2.05, 4.69) is 9.47 Å². The highest BCUT2D eigenvalue weighted by molar-refractivity contribution is 5.95. The van der Waals surface area contributed by atoms with E-state index in [1.54, 1.807) is 0 Å². The van der Waals surface area contributed by atoms with Gasteiger partial charge in [-0.15, -0.1) is 0 Å². The van der Waals surface area contributed by atoms with E-state index in [9.17, 15) is 14.7 Å². The first-order valence-corrected chi connectivity index (χ1v) is 5.95. The molecule has 98 valence electrons. The zero-order valence-corrected chi connectivity index (χ0v) is 10.3. The summed E-state index contributed by atoms with van der Waals surface area (Å²) in [6, 6.07) is 0. The van der Waals surface area contributed by atoms with Crippen LogP contribution in [0.2, 0.25) is 0 Å². The van der Waals surface area contributed by atoms with E-state index in [1.807, 2.05) is 0 Å². The van der Waals surface area contributed by atoms with Gasteiger partial charge in [0.05, 0.1) is 20.3 Å². The summed E-state index contributed by atoms with van der Waals surface area (Å²) in [4.78, 5) is 23.3. The molecule has 0 amide bonds. The molecule has 1 aliphatic rings. The average molecular weight is 244 g/mol. The maximum atomic E-state index is 11.6. The van der Waals surface area contributed by atoms with Crippen molar-refractivity contribution in [1.82, 2.24) is 0 Å². The van der Waals surface area contributed by atoms with Gasteiger partial charge in [0.1, 0.15) is 0 Å². The Kier molecular flexibility index (Phi) is 5.41. The van der Waals surface area contributed by atoms with Crippen LogP contribution in [0.25, 0.3) is 0 Å². The fraction of sp³-hybridized carbons (Fsp3) is 0.833. The Balaban J connectivity index is 2.86. The molecule has 0 aromatic carbocycles. The number of ether oxygens (including phenoxy) is 2. The third-order valence-corrected chi connectivity index (χ3v) is 3.37. The molecule has 0 aromatic rings. The van der Waals surface area contributed by atoms with Gasteiger partial charge in [-0.1, -0.05) is 19.3 Å². The van der Waals surface area contributed by atoms with Crippen LogP contribution in [-0.4, -0.2) is 37.4 Å². The Morgan fingerprint density at radius 2 is 1.59 bits per heavy atom. The van der Waals surface area contributed by atoms with Gasteiger partial charge in [0.15, 0.2) is 5.92 Å². The third kappa shape index (κ3) is 3.43. The van der Waals surface area contributed by atoms with Crippen molar-refractivity contribution >= 4 is 11.9 Å². The molecule has 0 spiro atoms. The lowest BCUT2D eigenvalue weighted by molar-refractivity contribution is -0.164. The monoisotopic (exact) mass is 244 g/mol. The first-order chi connectivity index (χ1) is 8.11. The molecule has 0 saturated heterocycles. The highest BCUT2D eigenvalue weighted by Crippen LogP contribution is 2.31. The van der Waals surface area contributed by atoms with Gasteiger partial charge in [0.25, 0.3) is 0 Å². The molecular weight excluding hydrogens is 224 g/mol. The fourth-order valence-electron chi connectivity index (χ4n) is 2.41. The minimum absolute atomic E-state index is 0.391. The topological polar surface area (TPSA) is 72.8 Å². The molecule has 17 heavy (non-hydrogen) atoms. The van der Waals surface area contributed by atoms with Crippen molar-refractivity contribution < 1.29 is 24.2 Å². The highest BCUT2D eigenvalue weighted by Gasteiger charge is 2.40. The lowest BCUT2D eigenvalue weighted by Gasteiger charge is -2.25. The van der Waals surface area contributed by atoms with Crippen LogP contribution in [0.4, 0.5) is 0 Å². The van der Waals surface area contributed by atoms with Gasteiger partial charge in [-0.2, -0.15) is 0 Å². The maximum Gasteiger partial charge on any atom is 0.320 e. The lowest BCUT2D eigenvalue weighted by atomic mass is 9.84. The second-order valence-electron chi connectivity index (χ2n) is 4.39. The van der Waals surface area contributed by atoms with Gasteiger partial charge >= 0.3 is 11.9 Å². The van der Waals surface area contributed by atoms with Crippen LogP contribution in [0.3, 0.4) is 0 Å². The Hall–Kier alpha value is -1.10. The Bertz CT molecular complexity index is 260. The molecule has 1 fully saturated rings. The summed E-state index contributed by atoms with van der Waals surface area (Å²) in [5, 5.41) is 9.99. The number of carbonyl (C=O) groups excluding carboxylic acids is 2. The summed E-state index contributed by atoms with van der Waals surface area (Å²) in [6.07, 6.45) is 3.48.